The minimum absolute atomic E-state index is 0.0251. The average molecular weight is 668 g/mol. The molecule has 4 aromatic heterocycles. The van der Waals surface area contributed by atoms with Crippen LogP contribution in [-0.4, -0.2) is 48.3 Å². The third-order valence-corrected chi connectivity index (χ3v) is 8.37. The van der Waals surface area contributed by atoms with E-state index >= 15 is 8.78 Å². The number of carbonyl (C=O) groups is 1. The van der Waals surface area contributed by atoms with Crippen molar-refractivity contribution in [2.24, 2.45) is 0 Å². The third kappa shape index (κ3) is 6.62. The molecule has 0 saturated carbocycles. The molecular formula is C35H24F3N5O4S. The number of hydrogen-bond donors (Lipinski definition) is 1. The number of aromatic nitrogens is 5. The van der Waals surface area contributed by atoms with Gasteiger partial charge < -0.3 is 19.1 Å². The summed E-state index contributed by atoms with van der Waals surface area (Å²) in [4.78, 5) is 28.7. The summed E-state index contributed by atoms with van der Waals surface area (Å²) in [5.41, 5.74) is 3.94. The smallest absolute Gasteiger partial charge is 0.335 e. The van der Waals surface area contributed by atoms with Crippen LogP contribution in [0.1, 0.15) is 45.1 Å². The monoisotopic (exact) mass is 667 g/mol. The van der Waals surface area contributed by atoms with Crippen molar-refractivity contribution in [2.75, 3.05) is 6.61 Å². The first-order valence-electron chi connectivity index (χ1n) is 14.8. The molecule has 0 aliphatic carbocycles. The summed E-state index contributed by atoms with van der Waals surface area (Å²) in [6.45, 7) is 0.775. The van der Waals surface area contributed by atoms with Gasteiger partial charge in [0.25, 0.3) is 0 Å². The molecule has 9 nitrogen and oxygen atoms in total. The molecule has 5 heterocycles. The van der Waals surface area contributed by atoms with Crippen LogP contribution >= 0.6 is 11.3 Å². The topological polar surface area (TPSA) is 112 Å². The van der Waals surface area contributed by atoms with Crippen molar-refractivity contribution in [1.29, 1.82) is 0 Å². The first-order valence-corrected chi connectivity index (χ1v) is 15.7. The van der Waals surface area contributed by atoms with Gasteiger partial charge in [-0.1, -0.05) is 12.0 Å². The van der Waals surface area contributed by atoms with E-state index in [-0.39, 0.29) is 53.1 Å². The van der Waals surface area contributed by atoms with Gasteiger partial charge in [-0.05, 0) is 60.4 Å². The number of halogens is 3. The number of carboxylic acids is 1. The van der Waals surface area contributed by atoms with E-state index < -0.39 is 23.4 Å². The number of pyridine rings is 2. The highest BCUT2D eigenvalue weighted by molar-refractivity contribution is 7.07. The minimum Gasteiger partial charge on any atom is -0.478 e. The number of aromatic carboxylic acids is 1. The normalized spacial score (nSPS) is 13.9. The first kappa shape index (κ1) is 31.0. The van der Waals surface area contributed by atoms with E-state index in [0.717, 1.165) is 18.6 Å². The molecule has 1 saturated heterocycles. The fraction of sp³-hybridized carbons (Fsp3) is 0.171. The first-order chi connectivity index (χ1) is 23.3. The Morgan fingerprint density at radius 1 is 1.04 bits per heavy atom. The number of imidazole rings is 1. The molecule has 2 aromatic carbocycles. The highest BCUT2D eigenvalue weighted by atomic mass is 32.1. The predicted octanol–water partition coefficient (Wildman–Crippen LogP) is 6.42. The number of hydrogen-bond acceptors (Lipinski definition) is 8. The molecule has 0 amide bonds. The summed E-state index contributed by atoms with van der Waals surface area (Å²) in [6, 6.07) is 12.6. The molecule has 240 valence electrons. The molecule has 1 N–H and O–H groups in total. The zero-order chi connectivity index (χ0) is 33.2. The lowest BCUT2D eigenvalue weighted by molar-refractivity contribution is -0.0589. The molecule has 0 radical (unpaired) electrons. The largest absolute Gasteiger partial charge is 0.478 e. The quantitative estimate of drug-likeness (QED) is 0.176. The van der Waals surface area contributed by atoms with E-state index in [1.165, 1.54) is 47.9 Å². The van der Waals surface area contributed by atoms with Crippen molar-refractivity contribution in [3.8, 4) is 29.0 Å². The van der Waals surface area contributed by atoms with Gasteiger partial charge in [-0.15, -0.1) is 11.3 Å². The van der Waals surface area contributed by atoms with Crippen molar-refractivity contribution in [3.63, 3.8) is 0 Å². The molecule has 1 aliphatic rings. The zero-order valence-corrected chi connectivity index (χ0v) is 25.8. The molecule has 6 aromatic rings. The second kappa shape index (κ2) is 13.3. The van der Waals surface area contributed by atoms with E-state index in [2.05, 4.69) is 31.8 Å². The van der Waals surface area contributed by atoms with Gasteiger partial charge >= 0.3 is 5.97 Å². The van der Waals surface area contributed by atoms with Gasteiger partial charge in [0.2, 0.25) is 5.88 Å². The van der Waals surface area contributed by atoms with E-state index in [4.69, 9.17) is 9.47 Å². The maximum Gasteiger partial charge on any atom is 0.335 e. The van der Waals surface area contributed by atoms with Gasteiger partial charge in [0.1, 0.15) is 41.3 Å². The molecule has 1 fully saturated rings. The maximum atomic E-state index is 15.6. The van der Waals surface area contributed by atoms with Gasteiger partial charge in [0.15, 0.2) is 0 Å². The lowest BCUT2D eigenvalue weighted by atomic mass is 10.0. The van der Waals surface area contributed by atoms with Gasteiger partial charge in [-0.2, -0.15) is 0 Å². The fourth-order valence-electron chi connectivity index (χ4n) is 5.21. The van der Waals surface area contributed by atoms with E-state index in [1.54, 1.807) is 27.6 Å². The summed E-state index contributed by atoms with van der Waals surface area (Å²) in [5, 5.41) is 11.3. The summed E-state index contributed by atoms with van der Waals surface area (Å²) < 4.78 is 58.8. The highest BCUT2D eigenvalue weighted by Crippen LogP contribution is 2.29. The SMILES string of the molecule is O=C(O)c1ccc2nc(Cc3cc(F)c(-c4cccc(OCc5ncc(C#Cc6cscn6)cc5F)n4)cc3F)n(CC3CCO3)c2c1. The Morgan fingerprint density at radius 2 is 1.92 bits per heavy atom. The summed E-state index contributed by atoms with van der Waals surface area (Å²) in [6.07, 6.45) is 2.12. The van der Waals surface area contributed by atoms with E-state index in [1.807, 2.05) is 0 Å². The Balaban J connectivity index is 1.09. The second-order valence-corrected chi connectivity index (χ2v) is 11.7. The van der Waals surface area contributed by atoms with E-state index in [9.17, 15) is 14.3 Å². The van der Waals surface area contributed by atoms with Gasteiger partial charge in [-0.3, -0.25) is 4.98 Å². The molecule has 1 aliphatic heterocycles. The molecular weight excluding hydrogens is 643 g/mol. The lowest BCUT2D eigenvalue weighted by Gasteiger charge is -2.27. The van der Waals surface area contributed by atoms with Gasteiger partial charge in [0, 0.05) is 41.8 Å². The Morgan fingerprint density at radius 3 is 2.67 bits per heavy atom. The van der Waals surface area contributed by atoms with Crippen LogP contribution in [-0.2, 0) is 24.3 Å². The Bertz CT molecular complexity index is 2230. The third-order valence-electron chi connectivity index (χ3n) is 7.78. The minimum atomic E-state index is -1.08. The number of nitrogens with zero attached hydrogens (tertiary/aromatic N) is 5. The van der Waals surface area contributed by atoms with Crippen molar-refractivity contribution in [1.82, 2.24) is 24.5 Å². The second-order valence-electron chi connectivity index (χ2n) is 11.0. The Kier molecular flexibility index (Phi) is 8.58. The summed E-state index contributed by atoms with van der Waals surface area (Å²) in [7, 11) is 0. The maximum absolute atomic E-state index is 15.6. The predicted molar refractivity (Wildman–Crippen MR) is 170 cm³/mol. The number of thiazole rings is 1. The molecule has 48 heavy (non-hydrogen) atoms. The van der Waals surface area contributed by atoms with E-state index in [0.29, 0.717) is 41.3 Å². The van der Waals surface area contributed by atoms with Crippen molar-refractivity contribution in [3.05, 3.63) is 123 Å². The van der Waals surface area contributed by atoms with Gasteiger partial charge in [0.05, 0.1) is 40.5 Å². The molecule has 0 bridgehead atoms. The molecule has 13 heteroatoms. The van der Waals surface area contributed by atoms with Crippen LogP contribution in [0.25, 0.3) is 22.3 Å². The Labute approximate surface area is 275 Å². The number of rotatable bonds is 9. The van der Waals surface area contributed by atoms with Crippen LogP contribution in [0.2, 0.25) is 0 Å². The highest BCUT2D eigenvalue weighted by Gasteiger charge is 2.24. The molecule has 1 unspecified atom stereocenters. The van der Waals surface area contributed by atoms with Gasteiger partial charge in [-0.25, -0.2) is 32.9 Å². The summed E-state index contributed by atoms with van der Waals surface area (Å²) >= 11 is 1.41. The number of fused-ring (bicyclic) bond motifs is 1. The van der Waals surface area contributed by atoms with Crippen LogP contribution in [0.15, 0.2) is 71.7 Å². The number of carboxylic acid groups (broad SMARTS) is 1. The zero-order valence-electron chi connectivity index (χ0n) is 25.0. The molecule has 1 atom stereocenters. The molecule has 7 rings (SSSR count). The van der Waals surface area contributed by atoms with Crippen LogP contribution in [0.5, 0.6) is 5.88 Å². The standard InChI is InChI=1S/C35H24F3N5O4S/c36-26-14-25(29-2-1-3-34(42-29)47-17-31-28(38)10-20(15-39-31)4-6-23-18-48-19-40-23)27(37)11-22(26)13-33-41-30-7-5-21(35(44)45)12-32(30)43(33)16-24-8-9-46-24/h1-3,5,7,10-12,14-15,18-19,24H,8-9,13,16-17H2,(H,44,45). The Hall–Kier alpha value is -5.58. The van der Waals surface area contributed by atoms with Crippen LogP contribution in [0.3, 0.4) is 0 Å². The van der Waals surface area contributed by atoms with Crippen LogP contribution < -0.4 is 4.74 Å². The lowest BCUT2D eigenvalue weighted by Crippen LogP contribution is -2.31. The molecule has 0 spiro atoms. The van der Waals surface area contributed by atoms with Crippen LogP contribution in [0, 0.1) is 29.3 Å². The van der Waals surface area contributed by atoms with Crippen molar-refractivity contribution in [2.45, 2.75) is 32.1 Å². The summed E-state index contributed by atoms with van der Waals surface area (Å²) in [5.74, 6) is 3.08. The van der Waals surface area contributed by atoms with Crippen LogP contribution in [0.4, 0.5) is 13.2 Å². The van der Waals surface area contributed by atoms with Crippen molar-refractivity contribution < 1.29 is 32.5 Å². The average Bonchev–Trinajstić information content (AvgIpc) is 3.70. The number of ether oxygens (including phenoxy) is 2. The number of benzene rings is 2. The fourth-order valence-corrected chi connectivity index (χ4v) is 5.69. The van der Waals surface area contributed by atoms with Crippen molar-refractivity contribution >= 4 is 28.3 Å².